The Bertz CT molecular complexity index is 598. The number of benzene rings is 1. The Balaban J connectivity index is 2.91. The van der Waals surface area contributed by atoms with Crippen LogP contribution in [-0.4, -0.2) is 0 Å². The Morgan fingerprint density at radius 2 is 1.81 bits per heavy atom. The Morgan fingerprint density at radius 1 is 1.12 bits per heavy atom. The Kier molecular flexibility index (Phi) is 2.22. The van der Waals surface area contributed by atoms with Gasteiger partial charge in [-0.05, 0) is 18.2 Å². The van der Waals surface area contributed by atoms with Crippen molar-refractivity contribution in [1.29, 1.82) is 0 Å². The molecule has 2 aromatic rings. The minimum Gasteiger partial charge on any atom is -0.423 e. The normalized spacial score (nSPS) is 12.0. The van der Waals surface area contributed by atoms with Gasteiger partial charge in [-0.2, -0.15) is 13.2 Å². The summed E-state index contributed by atoms with van der Waals surface area (Å²) in [5, 5.41) is -0.466. The summed E-state index contributed by atoms with van der Waals surface area (Å²) in [5.74, 6) is -0.827. The van der Waals surface area contributed by atoms with Crippen molar-refractivity contribution >= 4 is 11.0 Å². The van der Waals surface area contributed by atoms with Gasteiger partial charge in [0.05, 0.1) is 5.56 Å². The molecule has 1 aromatic carbocycles. The van der Waals surface area contributed by atoms with Crippen molar-refractivity contribution in [3.63, 3.8) is 0 Å². The third-order valence-electron chi connectivity index (χ3n) is 2.01. The van der Waals surface area contributed by atoms with Crippen LogP contribution in [0.25, 0.3) is 11.0 Å². The second-order valence-electron chi connectivity index (χ2n) is 3.12. The van der Waals surface area contributed by atoms with Gasteiger partial charge in [-0.3, -0.25) is 0 Å². The summed E-state index contributed by atoms with van der Waals surface area (Å²) in [6, 6.07) is 2.90. The highest BCUT2D eigenvalue weighted by atomic mass is 19.4. The first kappa shape index (κ1) is 10.7. The molecule has 16 heavy (non-hydrogen) atoms. The fourth-order valence-corrected chi connectivity index (χ4v) is 1.37. The van der Waals surface area contributed by atoms with E-state index in [2.05, 4.69) is 4.42 Å². The minimum atomic E-state index is -4.72. The Hall–Kier alpha value is -1.85. The van der Waals surface area contributed by atoms with Gasteiger partial charge in [0.1, 0.15) is 11.4 Å². The first-order valence-corrected chi connectivity index (χ1v) is 4.18. The molecule has 0 unspecified atom stereocenters. The van der Waals surface area contributed by atoms with E-state index < -0.39 is 28.6 Å². The average molecular weight is 232 g/mol. The monoisotopic (exact) mass is 232 g/mol. The molecule has 0 saturated heterocycles. The van der Waals surface area contributed by atoms with Crippen molar-refractivity contribution in [2.45, 2.75) is 6.18 Å². The van der Waals surface area contributed by atoms with E-state index in [0.29, 0.717) is 12.1 Å². The molecule has 0 spiro atoms. The second-order valence-corrected chi connectivity index (χ2v) is 3.12. The van der Waals surface area contributed by atoms with Gasteiger partial charge >= 0.3 is 11.8 Å². The first-order valence-electron chi connectivity index (χ1n) is 4.18. The molecule has 0 amide bonds. The van der Waals surface area contributed by atoms with E-state index in [1.807, 2.05) is 0 Å². The van der Waals surface area contributed by atoms with Crippen molar-refractivity contribution in [1.82, 2.24) is 0 Å². The molecule has 6 heteroatoms. The highest BCUT2D eigenvalue weighted by molar-refractivity contribution is 5.80. The fourth-order valence-electron chi connectivity index (χ4n) is 1.37. The lowest BCUT2D eigenvalue weighted by Gasteiger charge is -2.08. The quantitative estimate of drug-likeness (QED) is 0.516. The zero-order chi connectivity index (χ0) is 11.9. The molecule has 0 fully saturated rings. The van der Waals surface area contributed by atoms with Crippen molar-refractivity contribution < 1.29 is 22.0 Å². The molecular weight excluding hydrogens is 228 g/mol. The highest BCUT2D eigenvalue weighted by Crippen LogP contribution is 2.33. The molecule has 0 bridgehead atoms. The number of fused-ring (bicyclic) bond motifs is 1. The van der Waals surface area contributed by atoms with E-state index in [0.717, 1.165) is 12.1 Å². The highest BCUT2D eigenvalue weighted by Gasteiger charge is 2.33. The van der Waals surface area contributed by atoms with Crippen molar-refractivity contribution in [3.05, 3.63) is 46.1 Å². The van der Waals surface area contributed by atoms with Gasteiger partial charge in [-0.25, -0.2) is 9.18 Å². The summed E-state index contributed by atoms with van der Waals surface area (Å²) in [5.41, 5.74) is -2.61. The molecule has 1 aromatic heterocycles. The van der Waals surface area contributed by atoms with Gasteiger partial charge in [0.25, 0.3) is 0 Å². The zero-order valence-electron chi connectivity index (χ0n) is 7.64. The molecule has 84 valence electrons. The molecule has 0 atom stereocenters. The van der Waals surface area contributed by atoms with Crippen LogP contribution in [0.1, 0.15) is 5.56 Å². The lowest BCUT2D eigenvalue weighted by molar-refractivity contribution is -0.136. The zero-order valence-corrected chi connectivity index (χ0v) is 7.64. The molecular formula is C10H4F4O2. The van der Waals surface area contributed by atoms with Gasteiger partial charge in [-0.15, -0.1) is 0 Å². The summed E-state index contributed by atoms with van der Waals surface area (Å²) in [6.45, 7) is 0. The maximum Gasteiger partial charge on any atom is 0.417 e. The van der Waals surface area contributed by atoms with Crippen molar-refractivity contribution in [2.24, 2.45) is 0 Å². The number of hydrogen-bond acceptors (Lipinski definition) is 2. The number of halogens is 4. The minimum absolute atomic E-state index is 0.291. The maximum atomic E-state index is 12.8. The van der Waals surface area contributed by atoms with E-state index in [1.54, 1.807) is 0 Å². The van der Waals surface area contributed by atoms with Gasteiger partial charge in [0.2, 0.25) is 0 Å². The topological polar surface area (TPSA) is 30.2 Å². The van der Waals surface area contributed by atoms with E-state index in [1.165, 1.54) is 0 Å². The Labute approximate surface area is 86.1 Å². The van der Waals surface area contributed by atoms with Crippen LogP contribution in [0.15, 0.2) is 33.5 Å². The first-order chi connectivity index (χ1) is 7.38. The summed E-state index contributed by atoms with van der Waals surface area (Å²) < 4.78 is 54.9. The van der Waals surface area contributed by atoms with E-state index in [9.17, 15) is 22.4 Å². The van der Waals surface area contributed by atoms with Crippen LogP contribution in [0, 0.1) is 5.82 Å². The number of rotatable bonds is 0. The van der Waals surface area contributed by atoms with Crippen LogP contribution in [0.5, 0.6) is 0 Å². The van der Waals surface area contributed by atoms with E-state index in [4.69, 9.17) is 0 Å². The summed E-state index contributed by atoms with van der Waals surface area (Å²) in [7, 11) is 0. The fraction of sp³-hybridized carbons (Fsp3) is 0.100. The number of alkyl halides is 3. The third-order valence-corrected chi connectivity index (χ3v) is 2.01. The lowest BCUT2D eigenvalue weighted by atomic mass is 10.1. The predicted octanol–water partition coefficient (Wildman–Crippen LogP) is 2.95. The smallest absolute Gasteiger partial charge is 0.417 e. The average Bonchev–Trinajstić information content (AvgIpc) is 2.16. The molecule has 0 N–H and O–H groups in total. The van der Waals surface area contributed by atoms with Gasteiger partial charge < -0.3 is 4.42 Å². The summed E-state index contributed by atoms with van der Waals surface area (Å²) >= 11 is 0. The van der Waals surface area contributed by atoms with Crippen LogP contribution in [0.4, 0.5) is 17.6 Å². The van der Waals surface area contributed by atoms with Crippen LogP contribution < -0.4 is 5.63 Å². The summed E-state index contributed by atoms with van der Waals surface area (Å²) in [4.78, 5) is 10.9. The standard InChI is InChI=1S/C10H4F4O2/c11-5-1-2-8-6(3-5)7(10(12,13)14)4-9(15)16-8/h1-4H. The van der Waals surface area contributed by atoms with Crippen LogP contribution >= 0.6 is 0 Å². The summed E-state index contributed by atoms with van der Waals surface area (Å²) in [6.07, 6.45) is -4.72. The molecule has 2 rings (SSSR count). The van der Waals surface area contributed by atoms with Gasteiger partial charge in [0.15, 0.2) is 0 Å². The molecule has 0 aliphatic heterocycles. The van der Waals surface area contributed by atoms with Crippen LogP contribution in [0.3, 0.4) is 0 Å². The lowest BCUT2D eigenvalue weighted by Crippen LogP contribution is -2.11. The molecule has 1 heterocycles. The van der Waals surface area contributed by atoms with E-state index in [-0.39, 0.29) is 5.58 Å². The molecule has 0 radical (unpaired) electrons. The second kappa shape index (κ2) is 3.33. The predicted molar refractivity (Wildman–Crippen MR) is 47.4 cm³/mol. The molecule has 2 nitrogen and oxygen atoms in total. The molecule has 0 saturated carbocycles. The Morgan fingerprint density at radius 3 is 2.44 bits per heavy atom. The maximum absolute atomic E-state index is 12.8. The van der Waals surface area contributed by atoms with Gasteiger partial charge in [-0.1, -0.05) is 0 Å². The van der Waals surface area contributed by atoms with E-state index >= 15 is 0 Å². The van der Waals surface area contributed by atoms with Crippen molar-refractivity contribution in [2.75, 3.05) is 0 Å². The van der Waals surface area contributed by atoms with Gasteiger partial charge in [0, 0.05) is 11.5 Å². The number of hydrogen-bond donors (Lipinski definition) is 0. The molecule has 0 aliphatic carbocycles. The third kappa shape index (κ3) is 1.78. The molecule has 0 aliphatic rings. The van der Waals surface area contributed by atoms with Crippen molar-refractivity contribution in [3.8, 4) is 0 Å². The van der Waals surface area contributed by atoms with Crippen LogP contribution in [0.2, 0.25) is 0 Å². The van der Waals surface area contributed by atoms with Crippen LogP contribution in [-0.2, 0) is 6.18 Å². The SMILES string of the molecule is O=c1cc(C(F)(F)F)c2cc(F)ccc2o1. The largest absolute Gasteiger partial charge is 0.423 e.